The fourth-order valence-corrected chi connectivity index (χ4v) is 2.88. The first-order chi connectivity index (χ1) is 8.40. The predicted molar refractivity (Wildman–Crippen MR) is 66.4 cm³/mol. The zero-order valence-electron chi connectivity index (χ0n) is 10.8. The zero-order valence-corrected chi connectivity index (χ0v) is 10.8. The van der Waals surface area contributed by atoms with Gasteiger partial charge in [-0.3, -0.25) is 4.79 Å². The number of carbonyl (C=O) groups excluding carboxylic acids is 1. The molecule has 0 heterocycles. The molecule has 2 rings (SSSR count). The van der Waals surface area contributed by atoms with Gasteiger partial charge in [-0.25, -0.2) is 8.78 Å². The van der Waals surface area contributed by atoms with Gasteiger partial charge in [-0.1, -0.05) is 26.7 Å². The van der Waals surface area contributed by atoms with Gasteiger partial charge >= 0.3 is 0 Å². The Morgan fingerprint density at radius 3 is 2.33 bits per heavy atom. The molecule has 1 aromatic rings. The molecule has 1 aromatic carbocycles. The van der Waals surface area contributed by atoms with Crippen LogP contribution in [0.15, 0.2) is 18.2 Å². The maximum atomic E-state index is 13.2. The van der Waals surface area contributed by atoms with Gasteiger partial charge in [0, 0.05) is 17.5 Å². The van der Waals surface area contributed by atoms with E-state index >= 15 is 0 Å². The van der Waals surface area contributed by atoms with Gasteiger partial charge in [0.1, 0.15) is 11.6 Å². The van der Waals surface area contributed by atoms with Crippen molar-refractivity contribution in [2.75, 3.05) is 0 Å². The molecule has 1 unspecified atom stereocenters. The highest BCUT2D eigenvalue weighted by Crippen LogP contribution is 2.42. The normalized spacial score (nSPS) is 22.8. The number of halogens is 2. The fraction of sp³-hybridized carbons (Fsp3) is 0.533. The molecule has 1 saturated carbocycles. The molecule has 3 heteroatoms. The van der Waals surface area contributed by atoms with Gasteiger partial charge in [0.05, 0.1) is 0 Å². The minimum absolute atomic E-state index is 0.0852. The molecule has 0 spiro atoms. The molecule has 18 heavy (non-hydrogen) atoms. The summed E-state index contributed by atoms with van der Waals surface area (Å²) in [6.07, 6.45) is 3.93. The Morgan fingerprint density at radius 2 is 1.78 bits per heavy atom. The standard InChI is InChI=1S/C15H18F2O/c1-15(2)6-4-3-5-13(15)14(18)10-7-11(16)9-12(17)8-10/h7-9,13H,3-6H2,1-2H3. The molecule has 1 aliphatic carbocycles. The lowest BCUT2D eigenvalue weighted by molar-refractivity contribution is 0.0696. The number of Topliss-reactive ketones (excluding diaryl/α,β-unsaturated/α-hetero) is 1. The monoisotopic (exact) mass is 252 g/mol. The van der Waals surface area contributed by atoms with Crippen LogP contribution < -0.4 is 0 Å². The molecule has 0 bridgehead atoms. The number of ketones is 1. The molecule has 0 aliphatic heterocycles. The summed E-state index contributed by atoms with van der Waals surface area (Å²) in [6.45, 7) is 4.12. The van der Waals surface area contributed by atoms with Crippen LogP contribution in [0, 0.1) is 23.0 Å². The van der Waals surface area contributed by atoms with E-state index in [0.717, 1.165) is 43.9 Å². The molecular weight excluding hydrogens is 234 g/mol. The Hall–Kier alpha value is -1.25. The van der Waals surface area contributed by atoms with E-state index in [-0.39, 0.29) is 22.7 Å². The zero-order chi connectivity index (χ0) is 13.3. The SMILES string of the molecule is CC1(C)CCCCC1C(=O)c1cc(F)cc(F)c1. The average Bonchev–Trinajstić information content (AvgIpc) is 2.26. The van der Waals surface area contributed by atoms with E-state index in [9.17, 15) is 13.6 Å². The predicted octanol–water partition coefficient (Wildman–Crippen LogP) is 4.36. The second-order valence-corrected chi connectivity index (χ2v) is 5.81. The second-order valence-electron chi connectivity index (χ2n) is 5.81. The minimum atomic E-state index is -0.688. The van der Waals surface area contributed by atoms with Crippen molar-refractivity contribution in [3.8, 4) is 0 Å². The van der Waals surface area contributed by atoms with Crippen molar-refractivity contribution in [1.82, 2.24) is 0 Å². The van der Waals surface area contributed by atoms with E-state index in [2.05, 4.69) is 13.8 Å². The molecule has 1 atom stereocenters. The lowest BCUT2D eigenvalue weighted by Crippen LogP contribution is -2.34. The van der Waals surface area contributed by atoms with Crippen molar-refractivity contribution in [2.24, 2.45) is 11.3 Å². The highest BCUT2D eigenvalue weighted by atomic mass is 19.1. The quantitative estimate of drug-likeness (QED) is 0.714. The Kier molecular flexibility index (Phi) is 3.51. The van der Waals surface area contributed by atoms with Crippen molar-refractivity contribution >= 4 is 5.78 Å². The number of carbonyl (C=O) groups is 1. The first-order valence-electron chi connectivity index (χ1n) is 6.40. The number of hydrogen-bond donors (Lipinski definition) is 0. The van der Waals surface area contributed by atoms with Crippen LogP contribution in [0.2, 0.25) is 0 Å². The third kappa shape index (κ3) is 2.60. The van der Waals surface area contributed by atoms with Crippen LogP contribution >= 0.6 is 0 Å². The Labute approximate surface area is 106 Å². The summed E-state index contributed by atoms with van der Waals surface area (Å²) < 4.78 is 26.3. The maximum Gasteiger partial charge on any atom is 0.166 e. The third-order valence-electron chi connectivity index (χ3n) is 3.97. The van der Waals surface area contributed by atoms with E-state index in [0.29, 0.717) is 0 Å². The average molecular weight is 252 g/mol. The third-order valence-corrected chi connectivity index (χ3v) is 3.97. The summed E-state index contributed by atoms with van der Waals surface area (Å²) in [4.78, 5) is 12.4. The molecule has 0 N–H and O–H groups in total. The Balaban J connectivity index is 2.30. The second kappa shape index (κ2) is 4.79. The van der Waals surface area contributed by atoms with E-state index < -0.39 is 11.6 Å². The topological polar surface area (TPSA) is 17.1 Å². The van der Waals surface area contributed by atoms with Gasteiger partial charge in [0.15, 0.2) is 5.78 Å². The lowest BCUT2D eigenvalue weighted by atomic mass is 9.66. The number of hydrogen-bond acceptors (Lipinski definition) is 1. The highest BCUT2D eigenvalue weighted by molar-refractivity contribution is 5.98. The molecule has 0 aromatic heterocycles. The molecule has 1 fully saturated rings. The van der Waals surface area contributed by atoms with Gasteiger partial charge in [-0.05, 0) is 30.4 Å². The summed E-state index contributed by atoms with van der Waals surface area (Å²) in [5.74, 6) is -1.63. The lowest BCUT2D eigenvalue weighted by Gasteiger charge is -2.37. The molecule has 0 amide bonds. The number of rotatable bonds is 2. The van der Waals surface area contributed by atoms with Crippen molar-refractivity contribution in [1.29, 1.82) is 0 Å². The van der Waals surface area contributed by atoms with Crippen molar-refractivity contribution in [3.63, 3.8) is 0 Å². The summed E-state index contributed by atoms with van der Waals surface area (Å²) in [7, 11) is 0. The molecule has 0 saturated heterocycles. The van der Waals surface area contributed by atoms with Crippen LogP contribution in [0.3, 0.4) is 0 Å². The maximum absolute atomic E-state index is 13.2. The van der Waals surface area contributed by atoms with Crippen LogP contribution in [0.25, 0.3) is 0 Å². The van der Waals surface area contributed by atoms with Gasteiger partial charge < -0.3 is 0 Å². The van der Waals surface area contributed by atoms with Crippen LogP contribution in [0.4, 0.5) is 8.78 Å². The van der Waals surface area contributed by atoms with Crippen molar-refractivity contribution in [3.05, 3.63) is 35.4 Å². The molecule has 98 valence electrons. The van der Waals surface area contributed by atoms with Crippen LogP contribution in [-0.2, 0) is 0 Å². The van der Waals surface area contributed by atoms with Gasteiger partial charge in [0.2, 0.25) is 0 Å². The molecule has 0 radical (unpaired) electrons. The summed E-state index contributed by atoms with van der Waals surface area (Å²) in [5, 5.41) is 0. The van der Waals surface area contributed by atoms with Crippen LogP contribution in [0.1, 0.15) is 49.9 Å². The van der Waals surface area contributed by atoms with E-state index in [1.165, 1.54) is 0 Å². The summed E-state index contributed by atoms with van der Waals surface area (Å²) >= 11 is 0. The smallest absolute Gasteiger partial charge is 0.166 e. The van der Waals surface area contributed by atoms with Gasteiger partial charge in [-0.2, -0.15) is 0 Å². The molecule has 1 aliphatic rings. The van der Waals surface area contributed by atoms with E-state index in [4.69, 9.17) is 0 Å². The summed E-state index contributed by atoms with van der Waals surface area (Å²) in [6, 6.07) is 3.06. The number of benzene rings is 1. The van der Waals surface area contributed by atoms with Crippen LogP contribution in [0.5, 0.6) is 0 Å². The minimum Gasteiger partial charge on any atom is -0.294 e. The first-order valence-corrected chi connectivity index (χ1v) is 6.40. The Morgan fingerprint density at radius 1 is 1.17 bits per heavy atom. The summed E-state index contributed by atoms with van der Waals surface area (Å²) in [5.41, 5.74) is 0.0745. The van der Waals surface area contributed by atoms with Crippen molar-refractivity contribution in [2.45, 2.75) is 39.5 Å². The molecular formula is C15H18F2O. The van der Waals surface area contributed by atoms with Gasteiger partial charge in [0.25, 0.3) is 0 Å². The fourth-order valence-electron chi connectivity index (χ4n) is 2.88. The van der Waals surface area contributed by atoms with E-state index in [1.54, 1.807) is 0 Å². The first kappa shape index (κ1) is 13.2. The Bertz CT molecular complexity index is 445. The highest BCUT2D eigenvalue weighted by Gasteiger charge is 2.37. The van der Waals surface area contributed by atoms with Crippen molar-refractivity contribution < 1.29 is 13.6 Å². The van der Waals surface area contributed by atoms with Crippen LogP contribution in [-0.4, -0.2) is 5.78 Å². The molecule has 1 nitrogen and oxygen atoms in total. The van der Waals surface area contributed by atoms with Gasteiger partial charge in [-0.15, -0.1) is 0 Å². The largest absolute Gasteiger partial charge is 0.294 e. The van der Waals surface area contributed by atoms with E-state index in [1.807, 2.05) is 0 Å².